The van der Waals surface area contributed by atoms with E-state index in [2.05, 4.69) is 25.7 Å². The van der Waals surface area contributed by atoms with Gasteiger partial charge in [0.25, 0.3) is 5.89 Å². The molecule has 4 N–H and O–H groups in total. The summed E-state index contributed by atoms with van der Waals surface area (Å²) >= 11 is 5.57. The van der Waals surface area contributed by atoms with E-state index in [1.807, 2.05) is 0 Å². The maximum atomic E-state index is 11.6. The molecule has 0 unspecified atom stereocenters. The Morgan fingerprint density at radius 2 is 2.29 bits per heavy atom. The summed E-state index contributed by atoms with van der Waals surface area (Å²) in [6.45, 7) is 0. The second-order valence-electron chi connectivity index (χ2n) is 2.84. The zero-order chi connectivity index (χ0) is 12.3. The largest absolute Gasteiger partial charge is 0.441 e. The second kappa shape index (κ2) is 4.76. The van der Waals surface area contributed by atoms with Gasteiger partial charge >= 0.3 is 5.91 Å². The molecule has 0 spiro atoms. The Morgan fingerprint density at radius 1 is 1.47 bits per heavy atom. The number of rotatable bonds is 3. The van der Waals surface area contributed by atoms with Crippen LogP contribution in [0.1, 0.15) is 10.7 Å². The molecule has 1 amide bonds. The summed E-state index contributed by atoms with van der Waals surface area (Å²) in [5.74, 6) is 4.79. The smallest absolute Gasteiger partial charge is 0.311 e. The number of oxazole rings is 1. The molecule has 2 aromatic rings. The Labute approximate surface area is 100 Å². The highest BCUT2D eigenvalue weighted by molar-refractivity contribution is 6.28. The Hall–Kier alpha value is -2.19. The van der Waals surface area contributed by atoms with Crippen molar-refractivity contribution in [1.82, 2.24) is 15.0 Å². The lowest BCUT2D eigenvalue weighted by molar-refractivity contribution is 0.0990. The van der Waals surface area contributed by atoms with E-state index in [-0.39, 0.29) is 22.7 Å². The van der Waals surface area contributed by atoms with Crippen LogP contribution in [-0.4, -0.2) is 20.9 Å². The molecule has 2 heterocycles. The molecule has 9 heteroatoms. The highest BCUT2D eigenvalue weighted by Crippen LogP contribution is 2.19. The average molecular weight is 255 g/mol. The van der Waals surface area contributed by atoms with Gasteiger partial charge in [-0.2, -0.15) is 4.98 Å². The first-order valence-corrected chi connectivity index (χ1v) is 4.78. The topological polar surface area (TPSA) is 119 Å². The van der Waals surface area contributed by atoms with Gasteiger partial charge in [0.1, 0.15) is 12.0 Å². The van der Waals surface area contributed by atoms with E-state index >= 15 is 0 Å². The Kier molecular flexibility index (Phi) is 3.17. The van der Waals surface area contributed by atoms with Crippen molar-refractivity contribution in [1.29, 1.82) is 0 Å². The third-order valence-electron chi connectivity index (χ3n) is 1.77. The summed E-state index contributed by atoms with van der Waals surface area (Å²) in [6.07, 6.45) is 3.95. The van der Waals surface area contributed by atoms with E-state index in [4.69, 9.17) is 21.9 Å². The van der Waals surface area contributed by atoms with Crippen LogP contribution in [0.25, 0.3) is 0 Å². The first-order chi connectivity index (χ1) is 8.20. The lowest BCUT2D eigenvalue weighted by atomic mass is 10.4. The average Bonchev–Trinajstić information content (AvgIpc) is 2.85. The summed E-state index contributed by atoms with van der Waals surface area (Å²) in [6, 6.07) is 0. The molecule has 8 nitrogen and oxygen atoms in total. The number of nitrogen functional groups attached to an aromatic ring is 1. The number of halogens is 1. The van der Waals surface area contributed by atoms with Crippen molar-refractivity contribution < 1.29 is 9.21 Å². The molecular weight excluding hydrogens is 248 g/mol. The van der Waals surface area contributed by atoms with Gasteiger partial charge in [-0.05, 0) is 11.6 Å². The summed E-state index contributed by atoms with van der Waals surface area (Å²) in [5, 5.41) is 2.48. The van der Waals surface area contributed by atoms with Crippen molar-refractivity contribution in [2.45, 2.75) is 0 Å². The fraction of sp³-hybridized carbons (Fsp3) is 0. The predicted molar refractivity (Wildman–Crippen MR) is 59.3 cm³/mol. The van der Waals surface area contributed by atoms with Crippen molar-refractivity contribution in [3.05, 3.63) is 29.8 Å². The molecule has 0 bridgehead atoms. The van der Waals surface area contributed by atoms with Crippen molar-refractivity contribution in [2.75, 3.05) is 10.7 Å². The molecule has 88 valence electrons. The van der Waals surface area contributed by atoms with Gasteiger partial charge in [-0.1, -0.05) is 0 Å². The number of nitrogens with two attached hydrogens (primary N) is 1. The van der Waals surface area contributed by atoms with Gasteiger partial charge in [0.15, 0.2) is 5.82 Å². The second-order valence-corrected chi connectivity index (χ2v) is 3.18. The van der Waals surface area contributed by atoms with Gasteiger partial charge < -0.3 is 15.2 Å². The zero-order valence-corrected chi connectivity index (χ0v) is 9.10. The monoisotopic (exact) mass is 254 g/mol. The van der Waals surface area contributed by atoms with E-state index in [0.29, 0.717) is 0 Å². The number of carbonyl (C=O) groups excluding carboxylic acids is 1. The zero-order valence-electron chi connectivity index (χ0n) is 8.35. The first-order valence-electron chi connectivity index (χ1n) is 4.40. The lowest BCUT2D eigenvalue weighted by Crippen LogP contribution is -2.17. The minimum absolute atomic E-state index is 0.00655. The molecule has 0 aromatic carbocycles. The van der Waals surface area contributed by atoms with E-state index < -0.39 is 5.91 Å². The number of anilines is 2. The molecule has 0 radical (unpaired) electrons. The molecule has 0 saturated carbocycles. The van der Waals surface area contributed by atoms with Gasteiger partial charge in [-0.3, -0.25) is 4.79 Å². The van der Waals surface area contributed by atoms with Crippen LogP contribution in [0.4, 0.5) is 11.5 Å². The fourth-order valence-corrected chi connectivity index (χ4v) is 1.21. The van der Waals surface area contributed by atoms with Gasteiger partial charge in [0.05, 0.1) is 12.4 Å². The van der Waals surface area contributed by atoms with Crippen LogP contribution in [0.3, 0.4) is 0 Å². The maximum absolute atomic E-state index is 11.6. The molecule has 0 atom stereocenters. The Morgan fingerprint density at radius 3 is 2.94 bits per heavy atom. The highest BCUT2D eigenvalue weighted by atomic mass is 35.5. The maximum Gasteiger partial charge on any atom is 0.311 e. The highest BCUT2D eigenvalue weighted by Gasteiger charge is 2.14. The van der Waals surface area contributed by atoms with Crippen LogP contribution >= 0.6 is 11.6 Å². The molecule has 17 heavy (non-hydrogen) atoms. The SMILES string of the molecule is NNc1nc(Cl)ncc1NC(=O)c1ncco1. The number of nitrogens with zero attached hydrogens (tertiary/aromatic N) is 3. The molecule has 0 aliphatic rings. The molecular formula is C8H7ClN6O2. The molecule has 0 aliphatic heterocycles. The third-order valence-corrected chi connectivity index (χ3v) is 1.95. The van der Waals surface area contributed by atoms with Gasteiger partial charge in [-0.25, -0.2) is 15.8 Å². The fourth-order valence-electron chi connectivity index (χ4n) is 1.07. The number of aromatic nitrogens is 3. The van der Waals surface area contributed by atoms with Crippen LogP contribution in [0.5, 0.6) is 0 Å². The minimum atomic E-state index is -0.544. The summed E-state index contributed by atoms with van der Waals surface area (Å²) in [5.41, 5.74) is 2.55. The minimum Gasteiger partial charge on any atom is -0.441 e. The van der Waals surface area contributed by atoms with E-state index in [9.17, 15) is 4.79 Å². The number of carbonyl (C=O) groups is 1. The quantitative estimate of drug-likeness (QED) is 0.418. The third kappa shape index (κ3) is 2.49. The van der Waals surface area contributed by atoms with Gasteiger partial charge in [0.2, 0.25) is 5.28 Å². The van der Waals surface area contributed by atoms with E-state index in [1.54, 1.807) is 0 Å². The van der Waals surface area contributed by atoms with Crippen molar-refractivity contribution in [2.24, 2.45) is 5.84 Å². The van der Waals surface area contributed by atoms with E-state index in [1.165, 1.54) is 18.7 Å². The number of nitrogens with one attached hydrogen (secondary N) is 2. The normalized spacial score (nSPS) is 10.0. The molecule has 0 aliphatic carbocycles. The van der Waals surface area contributed by atoms with Crippen molar-refractivity contribution in [3.8, 4) is 0 Å². The van der Waals surface area contributed by atoms with Crippen molar-refractivity contribution in [3.63, 3.8) is 0 Å². The summed E-state index contributed by atoms with van der Waals surface area (Å²) in [7, 11) is 0. The lowest BCUT2D eigenvalue weighted by Gasteiger charge is -2.07. The van der Waals surface area contributed by atoms with Crippen molar-refractivity contribution >= 4 is 29.0 Å². The molecule has 0 fully saturated rings. The van der Waals surface area contributed by atoms with Crippen LogP contribution < -0.4 is 16.6 Å². The summed E-state index contributed by atoms with van der Waals surface area (Å²) < 4.78 is 4.82. The first kappa shape index (κ1) is 11.3. The number of amides is 1. The van der Waals surface area contributed by atoms with Crippen LogP contribution in [-0.2, 0) is 0 Å². The molecule has 0 saturated heterocycles. The standard InChI is InChI=1S/C8H7ClN6O2/c9-8-12-3-4(5(14-8)15-10)13-6(16)7-11-1-2-17-7/h1-3H,10H2,(H,13,16)(H,12,14,15). The van der Waals surface area contributed by atoms with Gasteiger partial charge in [0, 0.05) is 0 Å². The molecule has 2 aromatic heterocycles. The number of hydrogen-bond donors (Lipinski definition) is 3. The number of hydrogen-bond acceptors (Lipinski definition) is 7. The molecule has 2 rings (SSSR count). The Balaban J connectivity index is 2.21. The number of hydrazine groups is 1. The predicted octanol–water partition coefficient (Wildman–Crippen LogP) is 0.656. The van der Waals surface area contributed by atoms with Crippen LogP contribution in [0, 0.1) is 0 Å². The summed E-state index contributed by atoms with van der Waals surface area (Å²) in [4.78, 5) is 22.8. The van der Waals surface area contributed by atoms with Gasteiger partial charge in [-0.15, -0.1) is 0 Å². The van der Waals surface area contributed by atoms with Crippen LogP contribution in [0.15, 0.2) is 23.1 Å². The Bertz CT molecular complexity index is 529. The van der Waals surface area contributed by atoms with Crippen LogP contribution in [0.2, 0.25) is 5.28 Å². The van der Waals surface area contributed by atoms with E-state index in [0.717, 1.165) is 0 Å².